The van der Waals surface area contributed by atoms with Gasteiger partial charge in [-0.1, -0.05) is 62.7 Å². The average Bonchev–Trinajstić information content (AvgIpc) is 2.76. The topological polar surface area (TPSA) is 55.4 Å². The number of halogens is 4. The molecule has 1 unspecified atom stereocenters. The molecule has 2 rings (SSSR count). The first-order valence-electron chi connectivity index (χ1n) is 10.9. The van der Waals surface area contributed by atoms with Crippen molar-refractivity contribution in [1.82, 2.24) is 0 Å². The summed E-state index contributed by atoms with van der Waals surface area (Å²) in [6.07, 6.45) is -3.50. The van der Waals surface area contributed by atoms with Gasteiger partial charge in [0.1, 0.15) is 0 Å². The van der Waals surface area contributed by atoms with Crippen LogP contribution < -0.4 is 5.32 Å². The van der Waals surface area contributed by atoms with Gasteiger partial charge in [0.15, 0.2) is 0 Å². The highest BCUT2D eigenvalue weighted by atomic mass is 35.5. The van der Waals surface area contributed by atoms with Gasteiger partial charge in [0.25, 0.3) is 0 Å². The van der Waals surface area contributed by atoms with Crippen molar-refractivity contribution in [2.24, 2.45) is 11.8 Å². The van der Waals surface area contributed by atoms with Gasteiger partial charge in [-0.25, -0.2) is 0 Å². The summed E-state index contributed by atoms with van der Waals surface area (Å²) in [5.74, 6) is -4.94. The lowest BCUT2D eigenvalue weighted by Crippen LogP contribution is -2.34. The van der Waals surface area contributed by atoms with Crippen LogP contribution in [0.4, 0.5) is 18.9 Å². The Kier molecular flexibility index (Phi) is 9.35. The maximum Gasteiger partial charge on any atom is 0.392 e. The number of carbonyl (C=O) groups is 2. The van der Waals surface area contributed by atoms with Crippen LogP contribution in [0.25, 0.3) is 0 Å². The molecule has 0 saturated carbocycles. The molecule has 0 aromatic heterocycles. The van der Waals surface area contributed by atoms with Gasteiger partial charge in [-0.2, -0.15) is 13.2 Å². The predicted octanol–water partition coefficient (Wildman–Crippen LogP) is 6.56. The molecule has 0 aliphatic carbocycles. The third kappa shape index (κ3) is 7.22. The molecule has 0 aliphatic rings. The molecule has 0 bridgehead atoms. The van der Waals surface area contributed by atoms with Crippen LogP contribution in [0, 0.1) is 11.8 Å². The van der Waals surface area contributed by atoms with Gasteiger partial charge in [-0.15, -0.1) is 0 Å². The molecule has 2 aromatic carbocycles. The second-order valence-corrected chi connectivity index (χ2v) is 8.47. The molecular weight excluding hydrogens is 455 g/mol. The van der Waals surface area contributed by atoms with Crippen LogP contribution in [0.15, 0.2) is 42.5 Å². The fourth-order valence-corrected chi connectivity index (χ4v) is 3.71. The molecular formula is C25H29ClF3NO3. The zero-order valence-corrected chi connectivity index (χ0v) is 19.9. The first-order valence-corrected chi connectivity index (χ1v) is 11.3. The monoisotopic (exact) mass is 483 g/mol. The zero-order valence-electron chi connectivity index (χ0n) is 19.1. The average molecular weight is 484 g/mol. The Morgan fingerprint density at radius 2 is 1.64 bits per heavy atom. The van der Waals surface area contributed by atoms with Gasteiger partial charge in [0, 0.05) is 0 Å². The number of hydrogen-bond donors (Lipinski definition) is 1. The highest BCUT2D eigenvalue weighted by Crippen LogP contribution is 2.38. The van der Waals surface area contributed by atoms with Crippen molar-refractivity contribution in [1.29, 1.82) is 0 Å². The summed E-state index contributed by atoms with van der Waals surface area (Å²) in [6.45, 7) is 6.63. The molecule has 0 saturated heterocycles. The lowest BCUT2D eigenvalue weighted by Gasteiger charge is -2.26. The Labute approximate surface area is 197 Å². The second-order valence-electron chi connectivity index (χ2n) is 8.06. The van der Waals surface area contributed by atoms with Gasteiger partial charge in [-0.3, -0.25) is 9.59 Å². The molecule has 3 atom stereocenters. The summed E-state index contributed by atoms with van der Waals surface area (Å²) in [7, 11) is 0. The summed E-state index contributed by atoms with van der Waals surface area (Å²) in [5, 5.41) is 2.76. The molecule has 0 heterocycles. The number of alkyl halides is 3. The molecule has 0 aliphatic heterocycles. The molecule has 1 N–H and O–H groups in total. The first-order chi connectivity index (χ1) is 15.5. The molecule has 33 heavy (non-hydrogen) atoms. The van der Waals surface area contributed by atoms with Gasteiger partial charge >= 0.3 is 12.1 Å². The Morgan fingerprint density at radius 1 is 1.03 bits per heavy atom. The molecule has 4 nitrogen and oxygen atoms in total. The van der Waals surface area contributed by atoms with E-state index in [1.54, 1.807) is 56.3 Å². The third-order valence-corrected chi connectivity index (χ3v) is 5.89. The van der Waals surface area contributed by atoms with Crippen LogP contribution in [0.5, 0.6) is 0 Å². The van der Waals surface area contributed by atoms with Gasteiger partial charge in [0.05, 0.1) is 35.1 Å². The zero-order chi connectivity index (χ0) is 24.8. The minimum atomic E-state index is -4.56. The summed E-state index contributed by atoms with van der Waals surface area (Å²) in [4.78, 5) is 25.0. The van der Waals surface area contributed by atoms with Crippen molar-refractivity contribution in [3.63, 3.8) is 0 Å². The highest BCUT2D eigenvalue weighted by molar-refractivity contribution is 6.33. The molecule has 0 fully saturated rings. The van der Waals surface area contributed by atoms with Crippen LogP contribution in [-0.2, 0) is 27.2 Å². The summed E-state index contributed by atoms with van der Waals surface area (Å²) < 4.78 is 45.8. The summed E-state index contributed by atoms with van der Waals surface area (Å²) in [6, 6.07) is 11.4. The van der Waals surface area contributed by atoms with Crippen LogP contribution in [-0.4, -0.2) is 24.7 Å². The Bertz CT molecular complexity index is 960. The van der Waals surface area contributed by atoms with E-state index in [4.69, 9.17) is 16.3 Å². The maximum atomic E-state index is 13.6. The van der Waals surface area contributed by atoms with E-state index in [0.717, 1.165) is 18.9 Å². The van der Waals surface area contributed by atoms with Crippen LogP contribution in [0.3, 0.4) is 0 Å². The Balaban J connectivity index is 2.31. The number of aryl methyl sites for hydroxylation is 1. The normalized spacial score (nSPS) is 14.3. The summed E-state index contributed by atoms with van der Waals surface area (Å²) >= 11 is 6.22. The quantitative estimate of drug-likeness (QED) is 0.411. The molecule has 8 heteroatoms. The van der Waals surface area contributed by atoms with Crippen molar-refractivity contribution in [3.05, 3.63) is 64.2 Å². The lowest BCUT2D eigenvalue weighted by atomic mass is 9.85. The number of amides is 1. The number of ether oxygens (including phenoxy) is 1. The minimum absolute atomic E-state index is 0.190. The standard InChI is InChI=1S/C25H29ClF3NO3/c1-5-17-7-10-19(11-8-17)22(16(4)25(27,28)29)23(31)30-21-14-18(9-12-20(21)26)13-15(3)24(32)33-6-2/h7-12,14-16,22H,5-6,13H2,1-4H3,(H,30,31)/t15?,16-,22+/m1/s1. The van der Waals surface area contributed by atoms with E-state index in [-0.39, 0.29) is 28.8 Å². The van der Waals surface area contributed by atoms with Crippen molar-refractivity contribution in [2.45, 2.75) is 52.6 Å². The largest absolute Gasteiger partial charge is 0.466 e. The number of nitrogens with one attached hydrogen (secondary N) is 1. The van der Waals surface area contributed by atoms with Gasteiger partial charge < -0.3 is 10.1 Å². The predicted molar refractivity (Wildman–Crippen MR) is 123 cm³/mol. The Hall–Kier alpha value is -2.54. The Morgan fingerprint density at radius 3 is 2.18 bits per heavy atom. The van der Waals surface area contributed by atoms with Gasteiger partial charge in [0.2, 0.25) is 5.91 Å². The maximum absolute atomic E-state index is 13.6. The van der Waals surface area contributed by atoms with Crippen LogP contribution >= 0.6 is 11.6 Å². The van der Waals surface area contributed by atoms with Gasteiger partial charge in [-0.05, 0) is 48.6 Å². The van der Waals surface area contributed by atoms with E-state index >= 15 is 0 Å². The SMILES string of the molecule is CCOC(=O)C(C)Cc1ccc(Cl)c(NC(=O)[C@H](c2ccc(CC)cc2)[C@@H](C)C(F)(F)F)c1. The van der Waals surface area contributed by atoms with Crippen molar-refractivity contribution < 1.29 is 27.5 Å². The summed E-state index contributed by atoms with van der Waals surface area (Å²) in [5.41, 5.74) is 2.13. The highest BCUT2D eigenvalue weighted by Gasteiger charge is 2.45. The number of esters is 1. The van der Waals surface area contributed by atoms with E-state index in [1.165, 1.54) is 0 Å². The smallest absolute Gasteiger partial charge is 0.392 e. The molecule has 1 amide bonds. The van der Waals surface area contributed by atoms with Crippen molar-refractivity contribution in [2.75, 3.05) is 11.9 Å². The number of anilines is 1. The van der Waals surface area contributed by atoms with Crippen molar-refractivity contribution >= 4 is 29.2 Å². The first kappa shape index (κ1) is 26.7. The second kappa shape index (κ2) is 11.5. The number of benzene rings is 2. The van der Waals surface area contributed by atoms with Crippen LogP contribution in [0.2, 0.25) is 5.02 Å². The van der Waals surface area contributed by atoms with E-state index in [0.29, 0.717) is 12.0 Å². The number of hydrogen-bond acceptors (Lipinski definition) is 3. The number of rotatable bonds is 9. The van der Waals surface area contributed by atoms with E-state index in [9.17, 15) is 22.8 Å². The number of carbonyl (C=O) groups excluding carboxylic acids is 2. The molecule has 0 radical (unpaired) electrons. The van der Waals surface area contributed by atoms with Crippen LogP contribution in [0.1, 0.15) is 50.3 Å². The lowest BCUT2D eigenvalue weighted by molar-refractivity contribution is -0.178. The fourth-order valence-electron chi connectivity index (χ4n) is 3.54. The minimum Gasteiger partial charge on any atom is -0.466 e. The molecule has 180 valence electrons. The van der Waals surface area contributed by atoms with Crippen molar-refractivity contribution in [3.8, 4) is 0 Å². The van der Waals surface area contributed by atoms with E-state index in [1.807, 2.05) is 6.92 Å². The van der Waals surface area contributed by atoms with E-state index < -0.39 is 29.8 Å². The third-order valence-electron chi connectivity index (χ3n) is 5.57. The molecule has 0 spiro atoms. The van der Waals surface area contributed by atoms with E-state index in [2.05, 4.69) is 5.32 Å². The fraction of sp³-hybridized carbons (Fsp3) is 0.440. The molecule has 2 aromatic rings.